The highest BCUT2D eigenvalue weighted by atomic mass is 19.3. The Labute approximate surface area is 68.0 Å². The summed E-state index contributed by atoms with van der Waals surface area (Å²) in [4.78, 5) is 10.4. The average Bonchev–Trinajstić information content (AvgIpc) is 1.83. The molecular formula is C7H10F2O3. The molecule has 1 saturated carbocycles. The number of carboxylic acid groups (broad SMARTS) is 1. The lowest BCUT2D eigenvalue weighted by molar-refractivity contribution is -0.155. The van der Waals surface area contributed by atoms with Crippen LogP contribution in [0.25, 0.3) is 0 Å². The van der Waals surface area contributed by atoms with Crippen LogP contribution in [-0.4, -0.2) is 28.2 Å². The van der Waals surface area contributed by atoms with Gasteiger partial charge in [-0.2, -0.15) is 0 Å². The van der Waals surface area contributed by atoms with Crippen molar-refractivity contribution in [3.63, 3.8) is 0 Å². The molecule has 2 unspecified atom stereocenters. The smallest absolute Gasteiger partial charge is 0.309 e. The molecule has 2 atom stereocenters. The Morgan fingerprint density at radius 3 is 2.50 bits per heavy atom. The van der Waals surface area contributed by atoms with Gasteiger partial charge in [-0.1, -0.05) is 0 Å². The molecule has 0 spiro atoms. The summed E-state index contributed by atoms with van der Waals surface area (Å²) in [6.07, 6.45) is -2.74. The quantitative estimate of drug-likeness (QED) is 0.629. The second-order valence-electron chi connectivity index (χ2n) is 3.11. The van der Waals surface area contributed by atoms with Gasteiger partial charge in [0.25, 0.3) is 5.92 Å². The van der Waals surface area contributed by atoms with Crippen molar-refractivity contribution in [3.05, 3.63) is 0 Å². The average molecular weight is 180 g/mol. The summed E-state index contributed by atoms with van der Waals surface area (Å²) in [7, 11) is 0. The monoisotopic (exact) mass is 180 g/mol. The summed E-state index contributed by atoms with van der Waals surface area (Å²) in [6.45, 7) is 0. The highest BCUT2D eigenvalue weighted by Gasteiger charge is 2.43. The number of rotatable bonds is 1. The predicted molar refractivity (Wildman–Crippen MR) is 35.9 cm³/mol. The normalized spacial score (nSPS) is 34.6. The number of hydrogen-bond donors (Lipinski definition) is 2. The van der Waals surface area contributed by atoms with Gasteiger partial charge in [0.2, 0.25) is 0 Å². The van der Waals surface area contributed by atoms with Gasteiger partial charge >= 0.3 is 5.97 Å². The number of aliphatic hydroxyl groups excluding tert-OH is 1. The summed E-state index contributed by atoms with van der Waals surface area (Å²) < 4.78 is 25.1. The third-order valence-electron chi connectivity index (χ3n) is 2.11. The van der Waals surface area contributed by atoms with E-state index in [0.717, 1.165) is 0 Å². The Morgan fingerprint density at radius 1 is 1.50 bits per heavy atom. The van der Waals surface area contributed by atoms with Gasteiger partial charge < -0.3 is 10.2 Å². The molecule has 1 aliphatic rings. The molecule has 12 heavy (non-hydrogen) atoms. The fourth-order valence-corrected chi connectivity index (χ4v) is 1.40. The van der Waals surface area contributed by atoms with E-state index in [2.05, 4.69) is 0 Å². The van der Waals surface area contributed by atoms with Crippen LogP contribution in [0.3, 0.4) is 0 Å². The fraction of sp³-hybridized carbons (Fsp3) is 0.857. The molecule has 1 aliphatic carbocycles. The lowest BCUT2D eigenvalue weighted by Gasteiger charge is -2.30. The Balaban J connectivity index is 2.60. The first-order valence-electron chi connectivity index (χ1n) is 3.71. The van der Waals surface area contributed by atoms with Crippen molar-refractivity contribution in [3.8, 4) is 0 Å². The molecule has 0 aromatic rings. The zero-order valence-electron chi connectivity index (χ0n) is 6.33. The van der Waals surface area contributed by atoms with E-state index in [1.165, 1.54) is 0 Å². The molecule has 0 amide bonds. The number of carbonyl (C=O) groups is 1. The van der Waals surface area contributed by atoms with Crippen LogP contribution in [0.5, 0.6) is 0 Å². The highest BCUT2D eigenvalue weighted by Crippen LogP contribution is 2.36. The number of aliphatic carboxylic acids is 1. The molecule has 2 N–H and O–H groups in total. The van der Waals surface area contributed by atoms with E-state index in [1.54, 1.807) is 0 Å². The highest BCUT2D eigenvalue weighted by molar-refractivity contribution is 5.70. The largest absolute Gasteiger partial charge is 0.481 e. The molecule has 0 heterocycles. The maximum Gasteiger partial charge on any atom is 0.309 e. The first-order chi connectivity index (χ1) is 5.42. The molecule has 1 rings (SSSR count). The molecule has 3 nitrogen and oxygen atoms in total. The summed E-state index contributed by atoms with van der Waals surface area (Å²) in [5, 5.41) is 17.5. The van der Waals surface area contributed by atoms with Gasteiger partial charge in [-0.15, -0.1) is 0 Å². The Bertz CT molecular complexity index is 193. The zero-order valence-corrected chi connectivity index (χ0v) is 6.33. The molecule has 5 heteroatoms. The second-order valence-corrected chi connectivity index (χ2v) is 3.11. The fourth-order valence-electron chi connectivity index (χ4n) is 1.40. The topological polar surface area (TPSA) is 57.5 Å². The molecule has 0 aromatic heterocycles. The van der Waals surface area contributed by atoms with Crippen molar-refractivity contribution in [2.24, 2.45) is 5.92 Å². The lowest BCUT2D eigenvalue weighted by Crippen LogP contribution is -2.39. The number of carboxylic acids is 1. The lowest BCUT2D eigenvalue weighted by atomic mass is 9.84. The van der Waals surface area contributed by atoms with Crippen LogP contribution in [-0.2, 0) is 4.79 Å². The van der Waals surface area contributed by atoms with Crippen LogP contribution in [0.2, 0.25) is 0 Å². The summed E-state index contributed by atoms with van der Waals surface area (Å²) in [5.74, 6) is -5.12. The van der Waals surface area contributed by atoms with Gasteiger partial charge in [-0.05, 0) is 6.42 Å². The minimum atomic E-state index is -2.90. The number of halogens is 2. The number of aliphatic hydroxyl groups is 1. The standard InChI is InChI=1S/C7H10F2O3/c8-7(9)2-1-4(6(11)12)5(10)3-7/h4-5,10H,1-3H2,(H,11,12). The Kier molecular flexibility index (Phi) is 2.32. The SMILES string of the molecule is O=C(O)C1CCC(F)(F)CC1O. The Hall–Kier alpha value is -0.710. The van der Waals surface area contributed by atoms with Crippen molar-refractivity contribution in [2.45, 2.75) is 31.3 Å². The molecule has 1 fully saturated rings. The van der Waals surface area contributed by atoms with Gasteiger partial charge in [-0.3, -0.25) is 4.79 Å². The third-order valence-corrected chi connectivity index (χ3v) is 2.11. The molecule has 0 saturated heterocycles. The maximum atomic E-state index is 12.5. The van der Waals surface area contributed by atoms with Gasteiger partial charge in [0.1, 0.15) is 0 Å². The van der Waals surface area contributed by atoms with Gasteiger partial charge in [-0.25, -0.2) is 8.78 Å². The molecule has 70 valence electrons. The molecule has 0 bridgehead atoms. The maximum absolute atomic E-state index is 12.5. The molecule has 0 radical (unpaired) electrons. The number of hydrogen-bond acceptors (Lipinski definition) is 2. The van der Waals surface area contributed by atoms with Gasteiger partial charge in [0.15, 0.2) is 0 Å². The summed E-state index contributed by atoms with van der Waals surface area (Å²) in [6, 6.07) is 0. The van der Waals surface area contributed by atoms with Crippen LogP contribution in [0.4, 0.5) is 8.78 Å². The van der Waals surface area contributed by atoms with Crippen molar-refractivity contribution in [2.75, 3.05) is 0 Å². The summed E-state index contributed by atoms with van der Waals surface area (Å²) >= 11 is 0. The van der Waals surface area contributed by atoms with Gasteiger partial charge in [0, 0.05) is 12.8 Å². The first-order valence-corrected chi connectivity index (χ1v) is 3.71. The van der Waals surface area contributed by atoms with Crippen molar-refractivity contribution in [1.82, 2.24) is 0 Å². The predicted octanol–water partition coefficient (Wildman–Crippen LogP) is 0.867. The van der Waals surface area contributed by atoms with Crippen molar-refractivity contribution in [1.29, 1.82) is 0 Å². The van der Waals surface area contributed by atoms with E-state index in [9.17, 15) is 13.6 Å². The van der Waals surface area contributed by atoms with Crippen LogP contribution in [0, 0.1) is 5.92 Å². The molecule has 0 aliphatic heterocycles. The van der Waals surface area contributed by atoms with E-state index < -0.39 is 36.8 Å². The van der Waals surface area contributed by atoms with Crippen LogP contribution in [0.1, 0.15) is 19.3 Å². The van der Waals surface area contributed by atoms with Crippen LogP contribution in [0.15, 0.2) is 0 Å². The second kappa shape index (κ2) is 2.97. The van der Waals surface area contributed by atoms with E-state index in [4.69, 9.17) is 10.2 Å². The third kappa shape index (κ3) is 1.91. The number of alkyl halides is 2. The van der Waals surface area contributed by atoms with E-state index >= 15 is 0 Å². The van der Waals surface area contributed by atoms with E-state index in [0.29, 0.717) is 0 Å². The Morgan fingerprint density at radius 2 is 2.08 bits per heavy atom. The minimum absolute atomic E-state index is 0.149. The van der Waals surface area contributed by atoms with E-state index in [1.807, 2.05) is 0 Å². The summed E-state index contributed by atoms with van der Waals surface area (Å²) in [5.41, 5.74) is 0. The molecular weight excluding hydrogens is 170 g/mol. The minimum Gasteiger partial charge on any atom is -0.481 e. The van der Waals surface area contributed by atoms with Crippen LogP contribution < -0.4 is 0 Å². The van der Waals surface area contributed by atoms with Crippen LogP contribution >= 0.6 is 0 Å². The van der Waals surface area contributed by atoms with Crippen molar-refractivity contribution < 1.29 is 23.8 Å². The van der Waals surface area contributed by atoms with Crippen molar-refractivity contribution >= 4 is 5.97 Å². The zero-order chi connectivity index (χ0) is 9.35. The molecule has 0 aromatic carbocycles. The van der Waals surface area contributed by atoms with Gasteiger partial charge in [0.05, 0.1) is 12.0 Å². The first kappa shape index (κ1) is 9.38. The van der Waals surface area contributed by atoms with E-state index in [-0.39, 0.29) is 6.42 Å².